The number of hydrogen-bond donors (Lipinski definition) is 0. The number of amides is 1. The molecule has 1 amide bonds. The summed E-state index contributed by atoms with van der Waals surface area (Å²) in [6, 6.07) is 10.9. The van der Waals surface area contributed by atoms with E-state index in [9.17, 15) is 18.0 Å². The van der Waals surface area contributed by atoms with Gasteiger partial charge in [-0.05, 0) is 23.8 Å². The molecular formula is C17H15F3N2OS. The first-order chi connectivity index (χ1) is 11.5. The minimum Gasteiger partial charge on any atom is -0.325 e. The highest BCUT2D eigenvalue weighted by Gasteiger charge is 2.40. The minimum absolute atomic E-state index is 0.141. The highest BCUT2D eigenvalue weighted by Crippen LogP contribution is 2.44. The second kappa shape index (κ2) is 6.84. The molecule has 1 atom stereocenters. The molecule has 1 aliphatic rings. The Labute approximate surface area is 141 Å². The summed E-state index contributed by atoms with van der Waals surface area (Å²) in [5.41, 5.74) is 0.270. The summed E-state index contributed by atoms with van der Waals surface area (Å²) in [6.45, 7) is 0.347. The molecular weight excluding hydrogens is 337 g/mol. The fourth-order valence-electron chi connectivity index (χ4n) is 2.71. The number of alkyl halides is 3. The van der Waals surface area contributed by atoms with E-state index >= 15 is 0 Å². The number of hydrogen-bond acceptors (Lipinski definition) is 3. The van der Waals surface area contributed by atoms with E-state index < -0.39 is 17.1 Å². The summed E-state index contributed by atoms with van der Waals surface area (Å²) in [6.07, 6.45) is -2.26. The first-order valence-corrected chi connectivity index (χ1v) is 8.49. The number of pyridine rings is 1. The first-order valence-electron chi connectivity index (χ1n) is 7.44. The molecule has 1 aliphatic heterocycles. The SMILES string of the molecule is O=C1CSC(c2ccccc2C(F)(F)F)N1CCc1ccccn1. The van der Waals surface area contributed by atoms with Gasteiger partial charge in [0.05, 0.1) is 11.3 Å². The van der Waals surface area contributed by atoms with E-state index in [1.54, 1.807) is 18.3 Å². The molecule has 3 nitrogen and oxygen atoms in total. The zero-order valence-electron chi connectivity index (χ0n) is 12.7. The third kappa shape index (κ3) is 3.56. The summed E-state index contributed by atoms with van der Waals surface area (Å²) in [5.74, 6) is 0.0527. The van der Waals surface area contributed by atoms with Gasteiger partial charge in [0.25, 0.3) is 0 Å². The molecule has 0 saturated carbocycles. The lowest BCUT2D eigenvalue weighted by atomic mass is 10.1. The summed E-state index contributed by atoms with van der Waals surface area (Å²) >= 11 is 1.23. The zero-order chi connectivity index (χ0) is 17.2. The van der Waals surface area contributed by atoms with Crippen molar-refractivity contribution in [2.24, 2.45) is 0 Å². The summed E-state index contributed by atoms with van der Waals surface area (Å²) in [7, 11) is 0. The van der Waals surface area contributed by atoms with Gasteiger partial charge < -0.3 is 4.90 Å². The molecule has 0 spiro atoms. The van der Waals surface area contributed by atoms with E-state index in [0.29, 0.717) is 13.0 Å². The van der Waals surface area contributed by atoms with E-state index in [4.69, 9.17) is 0 Å². The molecule has 1 unspecified atom stereocenters. The molecule has 1 aromatic carbocycles. The van der Waals surface area contributed by atoms with Gasteiger partial charge in [0.2, 0.25) is 5.91 Å². The van der Waals surface area contributed by atoms with Crippen LogP contribution in [0, 0.1) is 0 Å². The van der Waals surface area contributed by atoms with Crippen LogP contribution in [0.2, 0.25) is 0 Å². The lowest BCUT2D eigenvalue weighted by molar-refractivity contribution is -0.139. The van der Waals surface area contributed by atoms with Crippen LogP contribution in [0.3, 0.4) is 0 Å². The van der Waals surface area contributed by atoms with Crippen molar-refractivity contribution in [2.45, 2.75) is 18.0 Å². The number of thioether (sulfide) groups is 1. The van der Waals surface area contributed by atoms with Crippen molar-refractivity contribution in [3.05, 3.63) is 65.5 Å². The lowest BCUT2D eigenvalue weighted by Gasteiger charge is -2.26. The van der Waals surface area contributed by atoms with E-state index in [1.807, 2.05) is 12.1 Å². The maximum absolute atomic E-state index is 13.3. The van der Waals surface area contributed by atoms with Crippen LogP contribution in [0.25, 0.3) is 0 Å². The van der Waals surface area contributed by atoms with Crippen LogP contribution >= 0.6 is 11.8 Å². The van der Waals surface area contributed by atoms with Gasteiger partial charge in [0, 0.05) is 24.9 Å². The van der Waals surface area contributed by atoms with Crippen molar-refractivity contribution in [1.82, 2.24) is 9.88 Å². The largest absolute Gasteiger partial charge is 0.416 e. The molecule has 3 rings (SSSR count). The Morgan fingerprint density at radius 3 is 2.62 bits per heavy atom. The molecule has 7 heteroatoms. The minimum atomic E-state index is -4.44. The summed E-state index contributed by atoms with van der Waals surface area (Å²) in [5, 5.41) is -0.612. The predicted molar refractivity (Wildman–Crippen MR) is 86.3 cm³/mol. The van der Waals surface area contributed by atoms with Gasteiger partial charge in [-0.25, -0.2) is 0 Å². The van der Waals surface area contributed by atoms with Gasteiger partial charge in [-0.1, -0.05) is 24.3 Å². The van der Waals surface area contributed by atoms with Gasteiger partial charge in [-0.15, -0.1) is 11.8 Å². The summed E-state index contributed by atoms with van der Waals surface area (Å²) < 4.78 is 39.8. The summed E-state index contributed by atoms with van der Waals surface area (Å²) in [4.78, 5) is 17.9. The van der Waals surface area contributed by atoms with Gasteiger partial charge in [0.15, 0.2) is 0 Å². The Morgan fingerprint density at radius 2 is 1.92 bits per heavy atom. The highest BCUT2D eigenvalue weighted by molar-refractivity contribution is 8.00. The molecule has 0 bridgehead atoms. The van der Waals surface area contributed by atoms with Crippen LogP contribution in [0.5, 0.6) is 0 Å². The Bertz CT molecular complexity index is 721. The van der Waals surface area contributed by atoms with E-state index in [2.05, 4.69) is 4.98 Å². The molecule has 24 heavy (non-hydrogen) atoms. The normalized spacial score (nSPS) is 18.2. The fourth-order valence-corrected chi connectivity index (χ4v) is 3.96. The number of halogens is 3. The third-order valence-electron chi connectivity index (χ3n) is 3.84. The average molecular weight is 352 g/mol. The number of carbonyl (C=O) groups is 1. The third-order valence-corrected chi connectivity index (χ3v) is 5.07. The van der Waals surface area contributed by atoms with Crippen molar-refractivity contribution in [2.75, 3.05) is 12.3 Å². The zero-order valence-corrected chi connectivity index (χ0v) is 13.5. The van der Waals surface area contributed by atoms with E-state index in [1.165, 1.54) is 28.8 Å². The smallest absolute Gasteiger partial charge is 0.325 e. The maximum Gasteiger partial charge on any atom is 0.416 e. The molecule has 2 aromatic rings. The average Bonchev–Trinajstić information content (AvgIpc) is 2.94. The topological polar surface area (TPSA) is 33.2 Å². The Kier molecular flexibility index (Phi) is 4.80. The van der Waals surface area contributed by atoms with Crippen molar-refractivity contribution in [3.8, 4) is 0 Å². The Hall–Kier alpha value is -2.02. The van der Waals surface area contributed by atoms with Crippen LogP contribution < -0.4 is 0 Å². The van der Waals surface area contributed by atoms with E-state index in [0.717, 1.165) is 11.8 Å². The van der Waals surface area contributed by atoms with Crippen molar-refractivity contribution < 1.29 is 18.0 Å². The van der Waals surface area contributed by atoms with Gasteiger partial charge in [0.1, 0.15) is 5.37 Å². The predicted octanol–water partition coefficient (Wildman–Crippen LogP) is 3.92. The van der Waals surface area contributed by atoms with Crippen LogP contribution in [-0.2, 0) is 17.4 Å². The van der Waals surface area contributed by atoms with Crippen LogP contribution in [0.15, 0.2) is 48.7 Å². The molecule has 126 valence electrons. The second-order valence-corrected chi connectivity index (χ2v) is 6.48. The first kappa shape index (κ1) is 16.8. The fraction of sp³-hybridized carbons (Fsp3) is 0.294. The number of rotatable bonds is 4. The monoisotopic (exact) mass is 352 g/mol. The Morgan fingerprint density at radius 1 is 1.17 bits per heavy atom. The standard InChI is InChI=1S/C17H15F3N2OS/c18-17(19,20)14-7-2-1-6-13(14)16-22(15(23)11-24-16)10-8-12-5-3-4-9-21-12/h1-7,9,16H,8,10-11H2. The molecule has 0 aliphatic carbocycles. The molecule has 2 heterocycles. The van der Waals surface area contributed by atoms with Crippen molar-refractivity contribution in [1.29, 1.82) is 0 Å². The Balaban J connectivity index is 1.84. The molecule has 1 fully saturated rings. The number of aromatic nitrogens is 1. The number of carbonyl (C=O) groups excluding carboxylic acids is 1. The molecule has 1 saturated heterocycles. The van der Waals surface area contributed by atoms with Gasteiger partial charge >= 0.3 is 6.18 Å². The number of nitrogens with zero attached hydrogens (tertiary/aromatic N) is 2. The number of benzene rings is 1. The maximum atomic E-state index is 13.3. The van der Waals surface area contributed by atoms with Crippen LogP contribution in [0.4, 0.5) is 13.2 Å². The van der Waals surface area contributed by atoms with Crippen molar-refractivity contribution in [3.63, 3.8) is 0 Å². The van der Waals surface area contributed by atoms with E-state index in [-0.39, 0.29) is 17.2 Å². The quantitative estimate of drug-likeness (QED) is 0.836. The van der Waals surface area contributed by atoms with Crippen LogP contribution in [0.1, 0.15) is 22.2 Å². The van der Waals surface area contributed by atoms with Gasteiger partial charge in [-0.3, -0.25) is 9.78 Å². The molecule has 0 radical (unpaired) electrons. The second-order valence-electron chi connectivity index (χ2n) is 5.41. The van der Waals surface area contributed by atoms with Crippen LogP contribution in [-0.4, -0.2) is 28.1 Å². The molecule has 0 N–H and O–H groups in total. The highest BCUT2D eigenvalue weighted by atomic mass is 32.2. The molecule has 1 aromatic heterocycles. The van der Waals surface area contributed by atoms with Crippen molar-refractivity contribution >= 4 is 17.7 Å². The lowest BCUT2D eigenvalue weighted by Crippen LogP contribution is -2.31. The van der Waals surface area contributed by atoms with Gasteiger partial charge in [-0.2, -0.15) is 13.2 Å².